The van der Waals surface area contributed by atoms with Crippen LogP contribution in [0.2, 0.25) is 0 Å². The van der Waals surface area contributed by atoms with Gasteiger partial charge in [-0.15, -0.1) is 0 Å². The lowest BCUT2D eigenvalue weighted by atomic mass is 9.95. The van der Waals surface area contributed by atoms with Crippen molar-refractivity contribution < 1.29 is 27.9 Å². The van der Waals surface area contributed by atoms with Gasteiger partial charge in [-0.3, -0.25) is 14.4 Å². The fourth-order valence-electron chi connectivity index (χ4n) is 4.06. The van der Waals surface area contributed by atoms with Crippen LogP contribution in [-0.2, 0) is 23.2 Å². The number of aromatic nitrogens is 2. The van der Waals surface area contributed by atoms with Crippen molar-refractivity contribution in [3.8, 4) is 0 Å². The van der Waals surface area contributed by atoms with Crippen LogP contribution < -0.4 is 4.90 Å². The number of halogens is 3. The Kier molecular flexibility index (Phi) is 6.45. The van der Waals surface area contributed by atoms with Crippen molar-refractivity contribution in [2.24, 2.45) is 7.05 Å². The van der Waals surface area contributed by atoms with Gasteiger partial charge in [-0.2, -0.15) is 18.3 Å². The fraction of sp³-hybridized carbons (Fsp3) is 0.450. The number of fused-ring (bicyclic) bond motifs is 1. The first-order valence-corrected chi connectivity index (χ1v) is 9.55. The van der Waals surface area contributed by atoms with Crippen LogP contribution in [0.15, 0.2) is 42.7 Å². The fourth-order valence-corrected chi connectivity index (χ4v) is 4.06. The minimum Gasteiger partial charge on any atom is -0.475 e. The summed E-state index contributed by atoms with van der Waals surface area (Å²) in [5, 5.41) is 11.4. The summed E-state index contributed by atoms with van der Waals surface area (Å²) in [7, 11) is 1.95. The molecule has 2 aliphatic rings. The number of carboxylic acid groups (broad SMARTS) is 1. The van der Waals surface area contributed by atoms with Crippen LogP contribution in [0.5, 0.6) is 0 Å². The molecule has 2 saturated heterocycles. The predicted octanol–water partition coefficient (Wildman–Crippen LogP) is 2.82. The molecule has 3 heterocycles. The van der Waals surface area contributed by atoms with Gasteiger partial charge in [-0.1, -0.05) is 18.2 Å². The van der Waals surface area contributed by atoms with Crippen molar-refractivity contribution in [3.05, 3.63) is 48.3 Å². The van der Waals surface area contributed by atoms with Gasteiger partial charge in [0.2, 0.25) is 5.91 Å². The Morgan fingerprint density at radius 1 is 1.20 bits per heavy atom. The smallest absolute Gasteiger partial charge is 0.475 e. The Balaban J connectivity index is 0.000000318. The molecule has 162 valence electrons. The van der Waals surface area contributed by atoms with Crippen LogP contribution >= 0.6 is 0 Å². The minimum absolute atomic E-state index is 0.265. The zero-order valence-corrected chi connectivity index (χ0v) is 16.4. The van der Waals surface area contributed by atoms with Crippen molar-refractivity contribution in [1.29, 1.82) is 0 Å². The van der Waals surface area contributed by atoms with Crippen LogP contribution in [0.25, 0.3) is 0 Å². The number of likely N-dealkylation sites (tertiary alicyclic amines) is 1. The van der Waals surface area contributed by atoms with Crippen LogP contribution in [0.4, 0.5) is 18.9 Å². The number of alkyl halides is 3. The predicted molar refractivity (Wildman–Crippen MR) is 103 cm³/mol. The molecule has 0 radical (unpaired) electrons. The molecule has 7 nitrogen and oxygen atoms in total. The van der Waals surface area contributed by atoms with Gasteiger partial charge in [0.1, 0.15) is 0 Å². The molecule has 0 bridgehead atoms. The van der Waals surface area contributed by atoms with E-state index >= 15 is 0 Å². The molecule has 30 heavy (non-hydrogen) atoms. The molecule has 0 aliphatic carbocycles. The number of hydrogen-bond donors (Lipinski definition) is 1. The molecule has 1 amide bonds. The summed E-state index contributed by atoms with van der Waals surface area (Å²) in [6.07, 6.45) is 1.59. The number of nitrogens with zero attached hydrogens (tertiary/aromatic N) is 4. The second-order valence-corrected chi connectivity index (χ2v) is 7.36. The Bertz CT molecular complexity index is 885. The van der Waals surface area contributed by atoms with E-state index < -0.39 is 12.1 Å². The number of amides is 1. The van der Waals surface area contributed by atoms with Gasteiger partial charge in [0.05, 0.1) is 12.2 Å². The lowest BCUT2D eigenvalue weighted by Gasteiger charge is -2.39. The number of para-hydroxylation sites is 1. The summed E-state index contributed by atoms with van der Waals surface area (Å²) >= 11 is 0. The van der Waals surface area contributed by atoms with Gasteiger partial charge in [0.25, 0.3) is 0 Å². The zero-order chi connectivity index (χ0) is 21.9. The molecule has 2 fully saturated rings. The first-order chi connectivity index (χ1) is 14.2. The Hall–Kier alpha value is -2.88. The first kappa shape index (κ1) is 21.8. The topological polar surface area (TPSA) is 78.7 Å². The maximum atomic E-state index is 12.5. The quantitative estimate of drug-likeness (QED) is 0.820. The van der Waals surface area contributed by atoms with E-state index in [0.29, 0.717) is 18.5 Å². The molecular weight excluding hydrogens is 401 g/mol. The maximum Gasteiger partial charge on any atom is 0.490 e. The number of anilines is 1. The lowest BCUT2D eigenvalue weighted by Crippen LogP contribution is -2.52. The molecule has 1 N–H and O–H groups in total. The van der Waals surface area contributed by atoms with Gasteiger partial charge in [0, 0.05) is 50.0 Å². The van der Waals surface area contributed by atoms with E-state index in [0.717, 1.165) is 31.6 Å². The Morgan fingerprint density at radius 2 is 1.87 bits per heavy atom. The molecule has 0 unspecified atom stereocenters. The molecule has 4 rings (SSSR count). The van der Waals surface area contributed by atoms with E-state index in [4.69, 9.17) is 9.90 Å². The number of carbonyl (C=O) groups is 2. The summed E-state index contributed by atoms with van der Waals surface area (Å²) in [4.78, 5) is 26.0. The molecule has 2 aliphatic heterocycles. The first-order valence-electron chi connectivity index (χ1n) is 9.55. The van der Waals surface area contributed by atoms with Gasteiger partial charge in [0.15, 0.2) is 0 Å². The van der Waals surface area contributed by atoms with E-state index in [-0.39, 0.29) is 5.91 Å². The molecule has 1 aromatic carbocycles. The highest BCUT2D eigenvalue weighted by atomic mass is 19.4. The van der Waals surface area contributed by atoms with Gasteiger partial charge >= 0.3 is 12.1 Å². The van der Waals surface area contributed by atoms with Crippen molar-refractivity contribution in [3.63, 3.8) is 0 Å². The summed E-state index contributed by atoms with van der Waals surface area (Å²) in [6, 6.07) is 10.9. The highest BCUT2D eigenvalue weighted by molar-refractivity contribution is 5.95. The van der Waals surface area contributed by atoms with Gasteiger partial charge < -0.3 is 10.0 Å². The largest absolute Gasteiger partial charge is 0.490 e. The molecule has 2 aromatic rings. The van der Waals surface area contributed by atoms with Gasteiger partial charge in [-0.25, -0.2) is 4.79 Å². The number of carbonyl (C=O) groups excluding carboxylic acids is 1. The molecular formula is C20H23F3N4O3. The number of hydrogen-bond acceptors (Lipinski definition) is 4. The molecule has 1 aromatic heterocycles. The number of rotatable bonds is 3. The van der Waals surface area contributed by atoms with Crippen molar-refractivity contribution >= 4 is 17.6 Å². The van der Waals surface area contributed by atoms with Crippen molar-refractivity contribution in [2.45, 2.75) is 44.1 Å². The maximum absolute atomic E-state index is 12.5. The zero-order valence-electron chi connectivity index (χ0n) is 16.4. The van der Waals surface area contributed by atoms with E-state index in [1.54, 1.807) is 0 Å². The average Bonchev–Trinajstić information content (AvgIpc) is 3.28. The van der Waals surface area contributed by atoms with Gasteiger partial charge in [-0.05, 0) is 25.0 Å². The standard InChI is InChI=1S/C18H22N4O.C2HF3O2/c1-20-12-14(11-19-20)13-21-10-9-17-16(21)7-8-18(23)22(17)15-5-3-2-4-6-15;3-2(4,5)1(6)7/h2-6,11-12,16-17H,7-10,13H2,1H3;(H,6,7)/t16-,17-;/m1./s1. The van der Waals surface area contributed by atoms with Crippen molar-refractivity contribution in [2.75, 3.05) is 11.4 Å². The Labute approximate surface area is 171 Å². The summed E-state index contributed by atoms with van der Waals surface area (Å²) in [6.45, 7) is 1.96. The molecule has 0 spiro atoms. The monoisotopic (exact) mass is 424 g/mol. The third kappa shape index (κ3) is 4.99. The summed E-state index contributed by atoms with van der Waals surface area (Å²) < 4.78 is 33.6. The van der Waals surface area contributed by atoms with Crippen LogP contribution in [-0.4, -0.2) is 56.5 Å². The number of aryl methyl sites for hydroxylation is 1. The molecule has 2 atom stereocenters. The third-order valence-electron chi connectivity index (χ3n) is 5.30. The van der Waals surface area contributed by atoms with Crippen LogP contribution in [0, 0.1) is 0 Å². The van der Waals surface area contributed by atoms with Crippen LogP contribution in [0.3, 0.4) is 0 Å². The Morgan fingerprint density at radius 3 is 2.43 bits per heavy atom. The summed E-state index contributed by atoms with van der Waals surface area (Å²) in [5.41, 5.74) is 2.28. The average molecular weight is 424 g/mol. The van der Waals surface area contributed by atoms with E-state index in [1.165, 1.54) is 5.56 Å². The van der Waals surface area contributed by atoms with E-state index in [1.807, 2.05) is 53.2 Å². The highest BCUT2D eigenvalue weighted by Crippen LogP contribution is 2.35. The number of carboxylic acids is 1. The lowest BCUT2D eigenvalue weighted by molar-refractivity contribution is -0.192. The van der Waals surface area contributed by atoms with E-state index in [2.05, 4.69) is 16.2 Å². The van der Waals surface area contributed by atoms with Crippen LogP contribution in [0.1, 0.15) is 24.8 Å². The SMILES string of the molecule is Cn1cc(CN2CC[C@@H]3[C@H]2CCC(=O)N3c2ccccc2)cn1.O=C(O)C(F)(F)F. The molecule has 0 saturated carbocycles. The highest BCUT2D eigenvalue weighted by Gasteiger charge is 2.43. The van der Waals surface area contributed by atoms with E-state index in [9.17, 15) is 18.0 Å². The number of piperidine rings is 1. The normalized spacial score (nSPS) is 21.7. The number of aliphatic carboxylic acids is 1. The molecule has 10 heteroatoms. The third-order valence-corrected chi connectivity index (χ3v) is 5.30. The summed E-state index contributed by atoms with van der Waals surface area (Å²) in [5.74, 6) is -2.49. The second kappa shape index (κ2) is 8.86. The minimum atomic E-state index is -5.08. The van der Waals surface area contributed by atoms with Crippen molar-refractivity contribution in [1.82, 2.24) is 14.7 Å². The second-order valence-electron chi connectivity index (χ2n) is 7.36. The number of benzene rings is 1.